The number of likely N-dealkylation sites (tertiary alicyclic amines) is 1. The molecule has 1 unspecified atom stereocenters. The van der Waals surface area contributed by atoms with Crippen molar-refractivity contribution in [1.82, 2.24) is 9.88 Å². The molecule has 0 bridgehead atoms. The molecule has 0 saturated carbocycles. The Labute approximate surface area is 119 Å². The quantitative estimate of drug-likeness (QED) is 0.747. The highest BCUT2D eigenvalue weighted by Gasteiger charge is 2.27. The number of rotatable bonds is 6. The van der Waals surface area contributed by atoms with E-state index < -0.39 is 0 Å². The molecule has 1 aliphatic heterocycles. The van der Waals surface area contributed by atoms with E-state index in [-0.39, 0.29) is 5.91 Å². The summed E-state index contributed by atoms with van der Waals surface area (Å²) in [4.78, 5) is 18.3. The molecule has 0 spiro atoms. The Hall–Kier alpha value is -1.62. The zero-order chi connectivity index (χ0) is 14.4. The van der Waals surface area contributed by atoms with E-state index in [2.05, 4.69) is 11.9 Å². The first-order chi connectivity index (χ1) is 9.74. The summed E-state index contributed by atoms with van der Waals surface area (Å²) in [6.45, 7) is 5.21. The maximum atomic E-state index is 12.4. The summed E-state index contributed by atoms with van der Waals surface area (Å²) < 4.78 is 10.6. The summed E-state index contributed by atoms with van der Waals surface area (Å²) in [7, 11) is 1.55. The molecule has 1 saturated heterocycles. The number of hydrogen-bond donors (Lipinski definition) is 0. The Kier molecular flexibility index (Phi) is 5.35. The van der Waals surface area contributed by atoms with Crippen molar-refractivity contribution >= 4 is 5.91 Å². The van der Waals surface area contributed by atoms with Gasteiger partial charge >= 0.3 is 0 Å². The number of ether oxygens (including phenoxy) is 2. The van der Waals surface area contributed by atoms with Gasteiger partial charge in [0.05, 0.1) is 13.7 Å². The summed E-state index contributed by atoms with van der Waals surface area (Å²) in [6.07, 6.45) is 3.65. The van der Waals surface area contributed by atoms with Crippen LogP contribution in [0.1, 0.15) is 30.1 Å². The molecule has 0 N–H and O–H groups in total. The first-order valence-electron chi connectivity index (χ1n) is 7.11. The number of aromatic nitrogens is 1. The van der Waals surface area contributed by atoms with Gasteiger partial charge in [0, 0.05) is 43.4 Å². The van der Waals surface area contributed by atoms with Crippen molar-refractivity contribution < 1.29 is 14.3 Å². The first kappa shape index (κ1) is 14.8. The Morgan fingerprint density at radius 1 is 1.55 bits per heavy atom. The molecule has 1 atom stereocenters. The Bertz CT molecular complexity index is 450. The Morgan fingerprint density at radius 2 is 2.40 bits per heavy atom. The van der Waals surface area contributed by atoms with Crippen LogP contribution in [-0.2, 0) is 4.74 Å². The fourth-order valence-corrected chi connectivity index (χ4v) is 2.38. The number of carbonyl (C=O) groups excluding carboxylic acids is 1. The molecule has 1 fully saturated rings. The van der Waals surface area contributed by atoms with Crippen LogP contribution in [0.5, 0.6) is 5.88 Å². The highest BCUT2D eigenvalue weighted by atomic mass is 16.5. The fourth-order valence-electron chi connectivity index (χ4n) is 2.38. The van der Waals surface area contributed by atoms with E-state index in [0.717, 1.165) is 39.1 Å². The van der Waals surface area contributed by atoms with Gasteiger partial charge in [-0.05, 0) is 18.9 Å². The van der Waals surface area contributed by atoms with Crippen molar-refractivity contribution in [2.75, 3.05) is 33.4 Å². The van der Waals surface area contributed by atoms with Gasteiger partial charge in [0.1, 0.15) is 0 Å². The van der Waals surface area contributed by atoms with Gasteiger partial charge in [0.15, 0.2) is 0 Å². The van der Waals surface area contributed by atoms with Gasteiger partial charge in [-0.1, -0.05) is 6.92 Å². The molecule has 1 aromatic heterocycles. The van der Waals surface area contributed by atoms with Crippen molar-refractivity contribution in [3.05, 3.63) is 23.9 Å². The van der Waals surface area contributed by atoms with Crippen molar-refractivity contribution in [1.29, 1.82) is 0 Å². The summed E-state index contributed by atoms with van der Waals surface area (Å²) in [5.41, 5.74) is 0.631. The van der Waals surface area contributed by atoms with Crippen molar-refractivity contribution in [2.45, 2.75) is 19.8 Å². The van der Waals surface area contributed by atoms with Gasteiger partial charge in [0.2, 0.25) is 5.88 Å². The van der Waals surface area contributed by atoms with Crippen LogP contribution >= 0.6 is 0 Å². The highest BCUT2D eigenvalue weighted by molar-refractivity contribution is 5.94. The monoisotopic (exact) mass is 278 g/mol. The normalized spacial score (nSPS) is 18.3. The molecule has 0 aromatic carbocycles. The van der Waals surface area contributed by atoms with E-state index in [0.29, 0.717) is 17.4 Å². The molecule has 1 aromatic rings. The number of carbonyl (C=O) groups is 1. The molecule has 2 heterocycles. The maximum Gasteiger partial charge on any atom is 0.254 e. The third-order valence-corrected chi connectivity index (χ3v) is 3.47. The molecule has 0 radical (unpaired) electrons. The predicted molar refractivity (Wildman–Crippen MR) is 75.9 cm³/mol. The zero-order valence-corrected chi connectivity index (χ0v) is 12.2. The lowest BCUT2D eigenvalue weighted by Crippen LogP contribution is -2.29. The van der Waals surface area contributed by atoms with Gasteiger partial charge in [0.25, 0.3) is 5.91 Å². The Balaban J connectivity index is 1.90. The molecule has 2 rings (SSSR count). The van der Waals surface area contributed by atoms with Crippen LogP contribution in [0.15, 0.2) is 18.3 Å². The summed E-state index contributed by atoms with van der Waals surface area (Å²) in [6, 6.07) is 3.41. The third-order valence-electron chi connectivity index (χ3n) is 3.47. The minimum atomic E-state index is 0.0451. The molecule has 20 heavy (non-hydrogen) atoms. The SMILES string of the molecule is CCCOCC1CCN(C(=O)c2ccnc(OC)c2)C1. The average molecular weight is 278 g/mol. The fraction of sp³-hybridized carbons (Fsp3) is 0.600. The summed E-state index contributed by atoms with van der Waals surface area (Å²) in [5.74, 6) is 0.968. The molecule has 1 aliphatic rings. The molecule has 0 aliphatic carbocycles. The molecule has 5 nitrogen and oxygen atoms in total. The molecular formula is C15H22N2O3. The lowest BCUT2D eigenvalue weighted by Gasteiger charge is -2.17. The number of pyridine rings is 1. The Morgan fingerprint density at radius 3 is 3.15 bits per heavy atom. The molecule has 1 amide bonds. The molecule has 5 heteroatoms. The van der Waals surface area contributed by atoms with Crippen LogP contribution in [0.3, 0.4) is 0 Å². The predicted octanol–water partition coefficient (Wildman–Crippen LogP) is 1.98. The van der Waals surface area contributed by atoms with Crippen LogP contribution in [-0.4, -0.2) is 49.2 Å². The van der Waals surface area contributed by atoms with Crippen LogP contribution in [0.2, 0.25) is 0 Å². The number of hydrogen-bond acceptors (Lipinski definition) is 4. The van der Waals surface area contributed by atoms with Gasteiger partial charge in [-0.2, -0.15) is 0 Å². The first-order valence-corrected chi connectivity index (χ1v) is 7.11. The summed E-state index contributed by atoms with van der Waals surface area (Å²) >= 11 is 0. The summed E-state index contributed by atoms with van der Waals surface area (Å²) in [5, 5.41) is 0. The number of methoxy groups -OCH3 is 1. The van der Waals surface area contributed by atoms with Crippen molar-refractivity contribution in [3.63, 3.8) is 0 Å². The second-order valence-electron chi connectivity index (χ2n) is 5.07. The lowest BCUT2D eigenvalue weighted by molar-refractivity contribution is 0.0754. The van der Waals surface area contributed by atoms with E-state index in [9.17, 15) is 4.79 Å². The van der Waals surface area contributed by atoms with Gasteiger partial charge in [-0.25, -0.2) is 4.98 Å². The largest absolute Gasteiger partial charge is 0.481 e. The zero-order valence-electron chi connectivity index (χ0n) is 12.2. The van der Waals surface area contributed by atoms with E-state index in [1.54, 1.807) is 25.4 Å². The van der Waals surface area contributed by atoms with E-state index in [1.165, 1.54) is 0 Å². The third kappa shape index (κ3) is 3.70. The van der Waals surface area contributed by atoms with Crippen molar-refractivity contribution in [3.8, 4) is 5.88 Å². The van der Waals surface area contributed by atoms with Gasteiger partial charge < -0.3 is 14.4 Å². The van der Waals surface area contributed by atoms with Crippen molar-refractivity contribution in [2.24, 2.45) is 5.92 Å². The second-order valence-corrected chi connectivity index (χ2v) is 5.07. The standard InChI is InChI=1S/C15H22N2O3/c1-3-8-20-11-12-5-7-17(10-12)15(18)13-4-6-16-14(9-13)19-2/h4,6,9,12H,3,5,7-8,10-11H2,1-2H3. The van der Waals surface area contributed by atoms with Crippen LogP contribution in [0.4, 0.5) is 0 Å². The van der Waals surface area contributed by atoms with Gasteiger partial charge in [-0.15, -0.1) is 0 Å². The average Bonchev–Trinajstić information content (AvgIpc) is 2.95. The van der Waals surface area contributed by atoms with E-state index >= 15 is 0 Å². The van der Waals surface area contributed by atoms with Crippen LogP contribution in [0, 0.1) is 5.92 Å². The lowest BCUT2D eigenvalue weighted by atomic mass is 10.1. The maximum absolute atomic E-state index is 12.4. The second kappa shape index (κ2) is 7.24. The topological polar surface area (TPSA) is 51.7 Å². The van der Waals surface area contributed by atoms with Crippen LogP contribution in [0.25, 0.3) is 0 Å². The minimum absolute atomic E-state index is 0.0451. The molecular weight excluding hydrogens is 256 g/mol. The van der Waals surface area contributed by atoms with E-state index in [1.807, 2.05) is 4.90 Å². The van der Waals surface area contributed by atoms with E-state index in [4.69, 9.17) is 9.47 Å². The minimum Gasteiger partial charge on any atom is -0.481 e. The highest BCUT2D eigenvalue weighted by Crippen LogP contribution is 2.20. The smallest absolute Gasteiger partial charge is 0.254 e. The molecule has 110 valence electrons. The number of nitrogens with zero attached hydrogens (tertiary/aromatic N) is 2. The number of amides is 1. The van der Waals surface area contributed by atoms with Crippen LogP contribution < -0.4 is 4.74 Å². The van der Waals surface area contributed by atoms with Gasteiger partial charge in [-0.3, -0.25) is 4.79 Å².